The van der Waals surface area contributed by atoms with Crippen molar-refractivity contribution in [3.8, 4) is 0 Å². The smallest absolute Gasteiger partial charge is 0.268 e. The molecule has 4 aromatic rings. The molecule has 7 heteroatoms. The Morgan fingerprint density at radius 3 is 2.31 bits per heavy atom. The summed E-state index contributed by atoms with van der Waals surface area (Å²) >= 11 is 11.9. The highest BCUT2D eigenvalue weighted by Gasteiger charge is 2.12. The molecule has 0 saturated heterocycles. The summed E-state index contributed by atoms with van der Waals surface area (Å²) in [5.41, 5.74) is 3.08. The minimum absolute atomic E-state index is 0.215. The van der Waals surface area contributed by atoms with Crippen molar-refractivity contribution in [2.75, 3.05) is 5.32 Å². The van der Waals surface area contributed by atoms with Gasteiger partial charge < -0.3 is 5.32 Å². The Hall–Kier alpha value is -3.15. The first-order chi connectivity index (χ1) is 14.0. The third-order valence-corrected chi connectivity index (χ3v) is 4.79. The monoisotopic (exact) mass is 422 g/mol. The van der Waals surface area contributed by atoms with Crippen LogP contribution in [0.15, 0.2) is 76.6 Å². The molecule has 29 heavy (non-hydrogen) atoms. The Morgan fingerprint density at radius 1 is 0.966 bits per heavy atom. The Morgan fingerprint density at radius 2 is 1.62 bits per heavy atom. The SMILES string of the molecule is Cc1ccc2nc(Nc3ccc(Cl)cc3)c(C=Nc3ccc(Cl)cc3)c(=O)n2c1. The Kier molecular flexibility index (Phi) is 5.34. The summed E-state index contributed by atoms with van der Waals surface area (Å²) < 4.78 is 1.52. The van der Waals surface area contributed by atoms with E-state index in [1.165, 1.54) is 10.6 Å². The van der Waals surface area contributed by atoms with Crippen molar-refractivity contribution in [2.24, 2.45) is 4.99 Å². The number of anilines is 2. The number of aliphatic imine (C=N–C) groups is 1. The van der Waals surface area contributed by atoms with E-state index in [0.29, 0.717) is 32.8 Å². The van der Waals surface area contributed by atoms with E-state index < -0.39 is 0 Å². The molecule has 0 spiro atoms. The molecule has 0 fully saturated rings. The molecule has 0 atom stereocenters. The van der Waals surface area contributed by atoms with Gasteiger partial charge in [0.15, 0.2) is 0 Å². The van der Waals surface area contributed by atoms with E-state index in [2.05, 4.69) is 15.3 Å². The van der Waals surface area contributed by atoms with Crippen LogP contribution in [-0.2, 0) is 0 Å². The molecule has 4 rings (SSSR count). The van der Waals surface area contributed by atoms with E-state index in [1.807, 2.05) is 31.2 Å². The van der Waals surface area contributed by atoms with E-state index in [9.17, 15) is 4.79 Å². The van der Waals surface area contributed by atoms with Crippen molar-refractivity contribution < 1.29 is 0 Å². The van der Waals surface area contributed by atoms with Gasteiger partial charge in [0.05, 0.1) is 5.69 Å². The van der Waals surface area contributed by atoms with Crippen molar-refractivity contribution in [1.29, 1.82) is 0 Å². The number of pyridine rings is 1. The van der Waals surface area contributed by atoms with Crippen LogP contribution in [0.25, 0.3) is 5.65 Å². The molecule has 2 aromatic heterocycles. The molecule has 0 aliphatic carbocycles. The molecule has 2 aromatic carbocycles. The number of benzene rings is 2. The maximum atomic E-state index is 13.2. The quantitative estimate of drug-likeness (QED) is 0.422. The van der Waals surface area contributed by atoms with Gasteiger partial charge in [-0.25, -0.2) is 4.98 Å². The van der Waals surface area contributed by atoms with Crippen molar-refractivity contribution in [3.05, 3.63) is 98.4 Å². The lowest BCUT2D eigenvalue weighted by atomic mass is 10.2. The second-order valence-corrected chi connectivity index (χ2v) is 7.35. The summed E-state index contributed by atoms with van der Waals surface area (Å²) in [6, 6.07) is 17.9. The van der Waals surface area contributed by atoms with Gasteiger partial charge in [-0.3, -0.25) is 14.2 Å². The van der Waals surface area contributed by atoms with Crippen molar-refractivity contribution >= 4 is 52.3 Å². The first kappa shape index (κ1) is 19.2. The van der Waals surface area contributed by atoms with Crippen molar-refractivity contribution in [2.45, 2.75) is 6.92 Å². The zero-order chi connectivity index (χ0) is 20.4. The third kappa shape index (κ3) is 4.31. The molecule has 0 radical (unpaired) electrons. The highest BCUT2D eigenvalue weighted by atomic mass is 35.5. The third-order valence-electron chi connectivity index (χ3n) is 4.28. The van der Waals surface area contributed by atoms with E-state index in [-0.39, 0.29) is 5.56 Å². The van der Waals surface area contributed by atoms with E-state index in [4.69, 9.17) is 23.2 Å². The van der Waals surface area contributed by atoms with Crippen LogP contribution in [0.5, 0.6) is 0 Å². The Bertz CT molecular complexity index is 1260. The van der Waals surface area contributed by atoms with Crippen LogP contribution in [-0.4, -0.2) is 15.6 Å². The van der Waals surface area contributed by atoms with Gasteiger partial charge >= 0.3 is 0 Å². The van der Waals surface area contributed by atoms with Gasteiger partial charge in [0.2, 0.25) is 0 Å². The second kappa shape index (κ2) is 8.07. The number of nitrogens with zero attached hydrogens (tertiary/aromatic N) is 3. The first-order valence-corrected chi connectivity index (χ1v) is 9.60. The molecular weight excluding hydrogens is 407 g/mol. The number of hydrogen-bond donors (Lipinski definition) is 1. The van der Waals surface area contributed by atoms with Gasteiger partial charge in [0.25, 0.3) is 5.56 Å². The lowest BCUT2D eigenvalue weighted by Crippen LogP contribution is -2.21. The molecule has 144 valence electrons. The standard InChI is InChI=1S/C22H16Cl2N4O/c1-14-2-11-20-27-21(26-18-9-5-16(24)6-10-18)19(22(29)28(20)13-14)12-25-17-7-3-15(23)4-8-17/h2-13,26H,1H3. The van der Waals surface area contributed by atoms with Crippen LogP contribution in [0.1, 0.15) is 11.1 Å². The molecule has 0 aliphatic heterocycles. The van der Waals surface area contributed by atoms with Gasteiger partial charge in [-0.15, -0.1) is 0 Å². The molecule has 0 bridgehead atoms. The van der Waals surface area contributed by atoms with Crippen LogP contribution in [0.3, 0.4) is 0 Å². The van der Waals surface area contributed by atoms with E-state index >= 15 is 0 Å². The first-order valence-electron chi connectivity index (χ1n) is 8.85. The lowest BCUT2D eigenvalue weighted by molar-refractivity contribution is 1.03. The molecule has 0 aliphatic rings. The summed E-state index contributed by atoms with van der Waals surface area (Å²) in [5, 5.41) is 4.45. The number of aromatic nitrogens is 2. The summed E-state index contributed by atoms with van der Waals surface area (Å²) in [4.78, 5) is 22.2. The number of rotatable bonds is 4. The minimum atomic E-state index is -0.215. The van der Waals surface area contributed by atoms with Crippen molar-refractivity contribution in [3.63, 3.8) is 0 Å². The topological polar surface area (TPSA) is 58.8 Å². The fraction of sp³-hybridized carbons (Fsp3) is 0.0455. The number of fused-ring (bicyclic) bond motifs is 1. The van der Waals surface area contributed by atoms with E-state index in [1.54, 1.807) is 42.6 Å². The fourth-order valence-electron chi connectivity index (χ4n) is 2.81. The van der Waals surface area contributed by atoms with Gasteiger partial charge in [0, 0.05) is 28.1 Å². The summed E-state index contributed by atoms with van der Waals surface area (Å²) in [5.74, 6) is 0.416. The highest BCUT2D eigenvalue weighted by Crippen LogP contribution is 2.21. The highest BCUT2D eigenvalue weighted by molar-refractivity contribution is 6.30. The molecule has 0 amide bonds. The van der Waals surface area contributed by atoms with Crippen LogP contribution < -0.4 is 10.9 Å². The van der Waals surface area contributed by atoms with Gasteiger partial charge in [0.1, 0.15) is 17.0 Å². The fourth-order valence-corrected chi connectivity index (χ4v) is 3.06. The molecule has 0 saturated carbocycles. The van der Waals surface area contributed by atoms with Crippen molar-refractivity contribution in [1.82, 2.24) is 9.38 Å². The second-order valence-electron chi connectivity index (χ2n) is 6.48. The maximum Gasteiger partial charge on any atom is 0.268 e. The summed E-state index contributed by atoms with van der Waals surface area (Å²) in [6.45, 7) is 1.92. The largest absolute Gasteiger partial charge is 0.339 e. The maximum absolute atomic E-state index is 13.2. The van der Waals surface area contributed by atoms with Gasteiger partial charge in [-0.2, -0.15) is 0 Å². The Balaban J connectivity index is 1.84. The van der Waals surface area contributed by atoms with Gasteiger partial charge in [-0.05, 0) is 67.1 Å². The molecule has 0 unspecified atom stereocenters. The van der Waals surface area contributed by atoms with Gasteiger partial charge in [-0.1, -0.05) is 29.3 Å². The van der Waals surface area contributed by atoms with Crippen LogP contribution in [0.2, 0.25) is 10.0 Å². The predicted molar refractivity (Wildman–Crippen MR) is 120 cm³/mol. The molecule has 2 heterocycles. The zero-order valence-corrected chi connectivity index (χ0v) is 16.9. The number of aryl methyl sites for hydroxylation is 1. The average molecular weight is 423 g/mol. The summed E-state index contributed by atoms with van der Waals surface area (Å²) in [7, 11) is 0. The Labute approximate surface area is 177 Å². The normalized spacial score (nSPS) is 11.3. The summed E-state index contributed by atoms with van der Waals surface area (Å²) in [6.07, 6.45) is 3.28. The lowest BCUT2D eigenvalue weighted by Gasteiger charge is -2.11. The number of halogens is 2. The number of nitrogens with one attached hydrogen (secondary N) is 1. The molecular formula is C22H16Cl2N4O. The minimum Gasteiger partial charge on any atom is -0.339 e. The van der Waals surface area contributed by atoms with E-state index in [0.717, 1.165) is 11.3 Å². The van der Waals surface area contributed by atoms with Crippen LogP contribution in [0, 0.1) is 6.92 Å². The molecule has 1 N–H and O–H groups in total. The van der Waals surface area contributed by atoms with Crippen LogP contribution in [0.4, 0.5) is 17.2 Å². The number of hydrogen-bond acceptors (Lipinski definition) is 4. The predicted octanol–water partition coefficient (Wildman–Crippen LogP) is 5.80. The zero-order valence-electron chi connectivity index (χ0n) is 15.4. The molecule has 5 nitrogen and oxygen atoms in total. The van der Waals surface area contributed by atoms with Crippen LogP contribution >= 0.6 is 23.2 Å². The average Bonchev–Trinajstić information content (AvgIpc) is 2.71.